The van der Waals surface area contributed by atoms with Crippen LogP contribution in [0.4, 0.5) is 4.39 Å². The van der Waals surface area contributed by atoms with Crippen LogP contribution in [0.25, 0.3) is 11.0 Å². The third kappa shape index (κ3) is 4.13. The lowest BCUT2D eigenvalue weighted by Gasteiger charge is -2.07. The highest BCUT2D eigenvalue weighted by atomic mass is 19.1. The van der Waals surface area contributed by atoms with Gasteiger partial charge in [0.2, 0.25) is 5.91 Å². The number of nitrogens with one attached hydrogen (secondary N) is 1. The van der Waals surface area contributed by atoms with Crippen molar-refractivity contribution in [2.24, 2.45) is 7.05 Å². The number of para-hydroxylation sites is 1. The monoisotopic (exact) mass is 369 g/mol. The lowest BCUT2D eigenvalue weighted by Crippen LogP contribution is -2.26. The molecule has 0 aliphatic rings. The molecule has 0 saturated carbocycles. The molecule has 0 saturated heterocycles. The molecule has 3 aromatic rings. The largest absolute Gasteiger partial charge is 0.478 e. The van der Waals surface area contributed by atoms with Crippen LogP contribution in [-0.2, 0) is 24.7 Å². The summed E-state index contributed by atoms with van der Waals surface area (Å²) in [7, 11) is 1.81. The minimum atomic E-state index is -1.000. The molecule has 1 heterocycles. The molecule has 2 N–H and O–H groups in total. The average Bonchev–Trinajstić information content (AvgIpc) is 2.98. The molecule has 6 nitrogen and oxygen atoms in total. The number of carbonyl (C=O) groups excluding carboxylic acids is 1. The van der Waals surface area contributed by atoms with Gasteiger partial charge in [0.1, 0.15) is 11.3 Å². The Balaban J connectivity index is 1.54. The molecule has 7 heteroatoms. The Kier molecular flexibility index (Phi) is 5.49. The third-order valence-electron chi connectivity index (χ3n) is 4.49. The molecule has 3 rings (SSSR count). The number of amides is 1. The SMILES string of the molecule is Cn1c(CCNC(=O)CCc2ccccc2C(=O)O)nc2c(F)cccc21. The number of carbonyl (C=O) groups is 2. The first-order chi connectivity index (χ1) is 13.0. The predicted molar refractivity (Wildman–Crippen MR) is 99.1 cm³/mol. The van der Waals surface area contributed by atoms with E-state index in [1.165, 1.54) is 12.1 Å². The van der Waals surface area contributed by atoms with Crippen LogP contribution in [0.15, 0.2) is 42.5 Å². The van der Waals surface area contributed by atoms with E-state index < -0.39 is 5.97 Å². The molecule has 1 amide bonds. The fraction of sp³-hybridized carbons (Fsp3) is 0.250. The fourth-order valence-corrected chi connectivity index (χ4v) is 3.05. The standard InChI is InChI=1S/C20H20FN3O3/c1-24-16-8-4-7-15(21)19(16)23-17(24)11-12-22-18(25)10-9-13-5-2-3-6-14(13)20(26)27/h2-8H,9-12H2,1H3,(H,22,25)(H,26,27). The minimum Gasteiger partial charge on any atom is -0.478 e. The highest BCUT2D eigenvalue weighted by Gasteiger charge is 2.12. The molecule has 0 aliphatic carbocycles. The zero-order chi connectivity index (χ0) is 19.4. The van der Waals surface area contributed by atoms with E-state index in [0.717, 1.165) is 0 Å². The summed E-state index contributed by atoms with van der Waals surface area (Å²) in [6, 6.07) is 11.5. The molecule has 0 spiro atoms. The predicted octanol–water partition coefficient (Wildman–Crippen LogP) is 2.70. The van der Waals surface area contributed by atoms with Crippen LogP contribution in [0.3, 0.4) is 0 Å². The summed E-state index contributed by atoms with van der Waals surface area (Å²) in [4.78, 5) is 27.5. The van der Waals surface area contributed by atoms with E-state index in [1.54, 1.807) is 30.3 Å². The molecule has 140 valence electrons. The van der Waals surface area contributed by atoms with Crippen molar-refractivity contribution in [3.05, 3.63) is 65.2 Å². The zero-order valence-corrected chi connectivity index (χ0v) is 14.9. The van der Waals surface area contributed by atoms with Gasteiger partial charge in [-0.3, -0.25) is 4.79 Å². The van der Waals surface area contributed by atoms with Crippen molar-refractivity contribution in [3.63, 3.8) is 0 Å². The molecule has 2 aromatic carbocycles. The van der Waals surface area contributed by atoms with E-state index in [4.69, 9.17) is 5.11 Å². The van der Waals surface area contributed by atoms with E-state index in [0.29, 0.717) is 41.8 Å². The highest BCUT2D eigenvalue weighted by molar-refractivity contribution is 5.89. The van der Waals surface area contributed by atoms with Gasteiger partial charge in [0.25, 0.3) is 0 Å². The quantitative estimate of drug-likeness (QED) is 0.671. The van der Waals surface area contributed by atoms with Crippen LogP contribution in [0.2, 0.25) is 0 Å². The van der Waals surface area contributed by atoms with Crippen LogP contribution in [0.1, 0.15) is 28.2 Å². The van der Waals surface area contributed by atoms with Gasteiger partial charge in [-0.2, -0.15) is 0 Å². The van der Waals surface area contributed by atoms with Gasteiger partial charge in [0, 0.05) is 26.4 Å². The number of carboxylic acids is 1. The topological polar surface area (TPSA) is 84.2 Å². The molecule has 1 aromatic heterocycles. The Labute approximate surface area is 155 Å². The summed E-state index contributed by atoms with van der Waals surface area (Å²) in [6.07, 6.45) is 1.02. The number of imidazole rings is 1. The molecular weight excluding hydrogens is 349 g/mol. The fourth-order valence-electron chi connectivity index (χ4n) is 3.05. The number of aryl methyl sites for hydroxylation is 2. The first-order valence-electron chi connectivity index (χ1n) is 8.65. The van der Waals surface area contributed by atoms with Crippen molar-refractivity contribution in [2.45, 2.75) is 19.3 Å². The van der Waals surface area contributed by atoms with E-state index in [1.807, 2.05) is 11.6 Å². The first kappa shape index (κ1) is 18.6. The molecule has 0 aliphatic heterocycles. The maximum Gasteiger partial charge on any atom is 0.335 e. The van der Waals surface area contributed by atoms with Crippen molar-refractivity contribution >= 4 is 22.9 Å². The van der Waals surface area contributed by atoms with Crippen molar-refractivity contribution in [3.8, 4) is 0 Å². The zero-order valence-electron chi connectivity index (χ0n) is 14.9. The lowest BCUT2D eigenvalue weighted by molar-refractivity contribution is -0.121. The molecule has 0 fully saturated rings. The van der Waals surface area contributed by atoms with Gasteiger partial charge >= 0.3 is 5.97 Å². The molecule has 0 unspecified atom stereocenters. The Bertz CT molecular complexity index is 997. The lowest BCUT2D eigenvalue weighted by atomic mass is 10.0. The van der Waals surface area contributed by atoms with Crippen molar-refractivity contribution in [1.29, 1.82) is 0 Å². The number of aromatic nitrogens is 2. The maximum absolute atomic E-state index is 13.8. The third-order valence-corrected chi connectivity index (χ3v) is 4.49. The number of carboxylic acid groups (broad SMARTS) is 1. The number of rotatable bonds is 7. The second-order valence-corrected chi connectivity index (χ2v) is 6.26. The van der Waals surface area contributed by atoms with Gasteiger partial charge in [-0.25, -0.2) is 14.2 Å². The molecular formula is C20H20FN3O3. The molecule has 27 heavy (non-hydrogen) atoms. The summed E-state index contributed by atoms with van der Waals surface area (Å²) in [5, 5.41) is 12.0. The number of aromatic carboxylic acids is 1. The number of hydrogen-bond acceptors (Lipinski definition) is 3. The van der Waals surface area contributed by atoms with Crippen molar-refractivity contribution < 1.29 is 19.1 Å². The average molecular weight is 369 g/mol. The van der Waals surface area contributed by atoms with Gasteiger partial charge in [-0.1, -0.05) is 24.3 Å². The number of hydrogen-bond donors (Lipinski definition) is 2. The van der Waals surface area contributed by atoms with Crippen molar-refractivity contribution in [2.75, 3.05) is 6.54 Å². The van der Waals surface area contributed by atoms with E-state index in [-0.39, 0.29) is 23.7 Å². The van der Waals surface area contributed by atoms with Gasteiger partial charge < -0.3 is 15.0 Å². The van der Waals surface area contributed by atoms with Crippen LogP contribution in [0.5, 0.6) is 0 Å². The second kappa shape index (κ2) is 7.99. The molecule has 0 radical (unpaired) electrons. The first-order valence-corrected chi connectivity index (χ1v) is 8.65. The second-order valence-electron chi connectivity index (χ2n) is 6.26. The van der Waals surface area contributed by atoms with E-state index >= 15 is 0 Å². The summed E-state index contributed by atoms with van der Waals surface area (Å²) in [5.74, 6) is -0.845. The Morgan fingerprint density at radius 2 is 1.93 bits per heavy atom. The summed E-state index contributed by atoms with van der Waals surface area (Å²) < 4.78 is 15.6. The van der Waals surface area contributed by atoms with Crippen LogP contribution in [0, 0.1) is 5.82 Å². The van der Waals surface area contributed by atoms with Gasteiger partial charge in [-0.05, 0) is 30.2 Å². The van der Waals surface area contributed by atoms with Gasteiger partial charge in [-0.15, -0.1) is 0 Å². The number of fused-ring (bicyclic) bond motifs is 1. The molecule has 0 bridgehead atoms. The van der Waals surface area contributed by atoms with Crippen LogP contribution in [-0.4, -0.2) is 33.1 Å². The number of nitrogens with zero attached hydrogens (tertiary/aromatic N) is 2. The van der Waals surface area contributed by atoms with Gasteiger partial charge in [0.15, 0.2) is 5.82 Å². The highest BCUT2D eigenvalue weighted by Crippen LogP contribution is 2.18. The van der Waals surface area contributed by atoms with Crippen molar-refractivity contribution in [1.82, 2.24) is 14.9 Å². The normalized spacial score (nSPS) is 10.9. The van der Waals surface area contributed by atoms with Crippen LogP contribution < -0.4 is 5.32 Å². The summed E-state index contributed by atoms with van der Waals surface area (Å²) in [6.45, 7) is 0.373. The smallest absolute Gasteiger partial charge is 0.335 e. The number of halogens is 1. The van der Waals surface area contributed by atoms with E-state index in [2.05, 4.69) is 10.3 Å². The summed E-state index contributed by atoms with van der Waals surface area (Å²) in [5.41, 5.74) is 1.88. The van der Waals surface area contributed by atoms with Crippen LogP contribution >= 0.6 is 0 Å². The summed E-state index contributed by atoms with van der Waals surface area (Å²) >= 11 is 0. The maximum atomic E-state index is 13.8. The Morgan fingerprint density at radius 1 is 1.15 bits per heavy atom. The molecule has 0 atom stereocenters. The Hall–Kier alpha value is -3.22. The minimum absolute atomic E-state index is 0.167. The van der Waals surface area contributed by atoms with E-state index in [9.17, 15) is 14.0 Å². The number of benzene rings is 2. The Morgan fingerprint density at radius 3 is 2.67 bits per heavy atom. The van der Waals surface area contributed by atoms with Gasteiger partial charge in [0.05, 0.1) is 11.1 Å².